The quantitative estimate of drug-likeness (QED) is 0.449. The van der Waals surface area contributed by atoms with Crippen LogP contribution < -0.4 is 0 Å². The molecule has 0 saturated carbocycles. The highest BCUT2D eigenvalue weighted by Gasteiger charge is 1.96. The summed E-state index contributed by atoms with van der Waals surface area (Å²) in [4.78, 5) is 0. The lowest BCUT2D eigenvalue weighted by molar-refractivity contribution is 1.12. The van der Waals surface area contributed by atoms with E-state index < -0.39 is 0 Å². The molecule has 0 saturated heterocycles. The Morgan fingerprint density at radius 3 is 2.91 bits per heavy atom. The number of thioether (sulfide) groups is 1. The summed E-state index contributed by atoms with van der Waals surface area (Å²) in [6, 6.07) is 4.21. The van der Waals surface area contributed by atoms with E-state index in [2.05, 4.69) is 28.1 Å². The van der Waals surface area contributed by atoms with Crippen LogP contribution in [0.5, 0.6) is 0 Å². The SMILES string of the molecule is ClCCCSc1ccc(Br)s1. The first-order valence-corrected chi connectivity index (χ1v) is 6.40. The standard InChI is InChI=1S/C7H8BrClS2/c8-6-2-3-7(11-6)10-5-1-4-9/h2-3H,1,4-5H2. The van der Waals surface area contributed by atoms with Crippen LogP contribution in [0.3, 0.4) is 0 Å². The fourth-order valence-electron chi connectivity index (χ4n) is 0.603. The summed E-state index contributed by atoms with van der Waals surface area (Å²) < 4.78 is 2.56. The Hall–Kier alpha value is 0.820. The Kier molecular flexibility index (Phi) is 4.92. The van der Waals surface area contributed by atoms with Crippen molar-refractivity contribution in [2.24, 2.45) is 0 Å². The van der Waals surface area contributed by atoms with E-state index in [0.29, 0.717) is 0 Å². The van der Waals surface area contributed by atoms with E-state index in [0.717, 1.165) is 18.1 Å². The first-order valence-electron chi connectivity index (χ1n) is 3.27. The summed E-state index contributed by atoms with van der Waals surface area (Å²) in [6.07, 6.45) is 1.09. The molecule has 0 aliphatic carbocycles. The van der Waals surface area contributed by atoms with Crippen LogP contribution in [0.25, 0.3) is 0 Å². The normalized spacial score (nSPS) is 10.4. The van der Waals surface area contributed by atoms with Gasteiger partial charge in [0.25, 0.3) is 0 Å². The molecule has 0 amide bonds. The summed E-state index contributed by atoms with van der Waals surface area (Å²) in [6.45, 7) is 0. The highest BCUT2D eigenvalue weighted by molar-refractivity contribution is 9.11. The van der Waals surface area contributed by atoms with E-state index >= 15 is 0 Å². The Labute approximate surface area is 88.5 Å². The Balaban J connectivity index is 2.27. The Morgan fingerprint density at radius 2 is 2.36 bits per heavy atom. The van der Waals surface area contributed by atoms with Gasteiger partial charge in [0.1, 0.15) is 0 Å². The first kappa shape index (κ1) is 9.90. The number of hydrogen-bond acceptors (Lipinski definition) is 2. The molecular formula is C7H8BrClS2. The van der Waals surface area contributed by atoms with Crippen molar-refractivity contribution < 1.29 is 0 Å². The van der Waals surface area contributed by atoms with Crippen molar-refractivity contribution in [1.82, 2.24) is 0 Å². The summed E-state index contributed by atoms with van der Waals surface area (Å²) in [5, 5.41) is 0. The van der Waals surface area contributed by atoms with Crippen LogP contribution in [-0.4, -0.2) is 11.6 Å². The molecule has 62 valence electrons. The van der Waals surface area contributed by atoms with E-state index in [1.807, 2.05) is 11.8 Å². The minimum Gasteiger partial charge on any atom is -0.127 e. The average Bonchev–Trinajstić information content (AvgIpc) is 2.37. The van der Waals surface area contributed by atoms with Crippen LogP contribution in [-0.2, 0) is 0 Å². The molecule has 0 aliphatic heterocycles. The molecule has 4 heteroatoms. The van der Waals surface area contributed by atoms with Crippen molar-refractivity contribution in [2.45, 2.75) is 10.6 Å². The van der Waals surface area contributed by atoms with Gasteiger partial charge in [-0.25, -0.2) is 0 Å². The fraction of sp³-hybridized carbons (Fsp3) is 0.429. The molecule has 1 aromatic heterocycles. The monoisotopic (exact) mass is 270 g/mol. The van der Waals surface area contributed by atoms with Crippen LogP contribution >= 0.6 is 50.6 Å². The fourth-order valence-corrected chi connectivity index (χ4v) is 3.74. The van der Waals surface area contributed by atoms with Crippen LogP contribution in [0.15, 0.2) is 20.1 Å². The van der Waals surface area contributed by atoms with Crippen LogP contribution in [0.1, 0.15) is 6.42 Å². The third kappa shape index (κ3) is 3.83. The first-order chi connectivity index (χ1) is 5.33. The highest BCUT2D eigenvalue weighted by atomic mass is 79.9. The lowest BCUT2D eigenvalue weighted by Gasteiger charge is -1.92. The van der Waals surface area contributed by atoms with E-state index in [-0.39, 0.29) is 0 Å². The molecule has 0 unspecified atom stereocenters. The van der Waals surface area contributed by atoms with Crippen molar-refractivity contribution in [3.63, 3.8) is 0 Å². The van der Waals surface area contributed by atoms with Crippen LogP contribution in [0.2, 0.25) is 0 Å². The molecule has 1 rings (SSSR count). The van der Waals surface area contributed by atoms with Crippen LogP contribution in [0, 0.1) is 0 Å². The largest absolute Gasteiger partial charge is 0.127 e. The molecule has 0 aromatic carbocycles. The third-order valence-electron chi connectivity index (χ3n) is 1.07. The van der Waals surface area contributed by atoms with Gasteiger partial charge in [-0.15, -0.1) is 34.7 Å². The minimum atomic E-state index is 0.763. The van der Waals surface area contributed by atoms with Crippen molar-refractivity contribution in [2.75, 3.05) is 11.6 Å². The smallest absolute Gasteiger partial charge is 0.0710 e. The van der Waals surface area contributed by atoms with E-state index in [9.17, 15) is 0 Å². The van der Waals surface area contributed by atoms with Gasteiger partial charge in [0.15, 0.2) is 0 Å². The average molecular weight is 272 g/mol. The molecule has 0 fully saturated rings. The Morgan fingerprint density at radius 1 is 1.55 bits per heavy atom. The van der Waals surface area contributed by atoms with Gasteiger partial charge in [-0.2, -0.15) is 0 Å². The van der Waals surface area contributed by atoms with Crippen molar-refractivity contribution in [1.29, 1.82) is 0 Å². The van der Waals surface area contributed by atoms with Gasteiger partial charge in [0, 0.05) is 5.88 Å². The molecule has 11 heavy (non-hydrogen) atoms. The molecule has 1 aromatic rings. The maximum absolute atomic E-state index is 5.55. The van der Waals surface area contributed by atoms with Crippen LogP contribution in [0.4, 0.5) is 0 Å². The van der Waals surface area contributed by atoms with Gasteiger partial charge in [0.05, 0.1) is 8.00 Å². The molecule has 0 spiro atoms. The van der Waals surface area contributed by atoms with Gasteiger partial charge in [-0.05, 0) is 40.2 Å². The predicted octanol–water partition coefficient (Wildman–Crippen LogP) is 4.23. The third-order valence-corrected chi connectivity index (χ3v) is 4.27. The van der Waals surface area contributed by atoms with Gasteiger partial charge >= 0.3 is 0 Å². The van der Waals surface area contributed by atoms with Gasteiger partial charge in [-0.3, -0.25) is 0 Å². The highest BCUT2D eigenvalue weighted by Crippen LogP contribution is 2.30. The van der Waals surface area contributed by atoms with Crippen molar-refractivity contribution in [3.05, 3.63) is 15.9 Å². The molecule has 0 radical (unpaired) electrons. The number of halogens is 2. The summed E-state index contributed by atoms with van der Waals surface area (Å²) in [5.74, 6) is 1.88. The second kappa shape index (κ2) is 5.46. The van der Waals surface area contributed by atoms with Crippen molar-refractivity contribution >= 4 is 50.6 Å². The zero-order valence-corrected chi connectivity index (χ0v) is 9.82. The molecule has 0 bridgehead atoms. The lowest BCUT2D eigenvalue weighted by atomic mass is 10.6. The molecule has 0 atom stereocenters. The lowest BCUT2D eigenvalue weighted by Crippen LogP contribution is -1.77. The zero-order valence-electron chi connectivity index (χ0n) is 5.85. The van der Waals surface area contributed by atoms with Gasteiger partial charge in [-0.1, -0.05) is 0 Å². The van der Waals surface area contributed by atoms with E-state index in [1.165, 1.54) is 8.00 Å². The van der Waals surface area contributed by atoms with Crippen molar-refractivity contribution in [3.8, 4) is 0 Å². The summed E-state index contributed by atoms with van der Waals surface area (Å²) in [7, 11) is 0. The summed E-state index contributed by atoms with van der Waals surface area (Å²) in [5.41, 5.74) is 0. The summed E-state index contributed by atoms with van der Waals surface area (Å²) >= 11 is 12.6. The molecule has 0 N–H and O–H groups in total. The predicted molar refractivity (Wildman–Crippen MR) is 58.1 cm³/mol. The Bertz CT molecular complexity index is 212. The second-order valence-electron chi connectivity index (χ2n) is 1.95. The van der Waals surface area contributed by atoms with Gasteiger partial charge in [0.2, 0.25) is 0 Å². The maximum atomic E-state index is 5.55. The van der Waals surface area contributed by atoms with E-state index in [1.54, 1.807) is 11.3 Å². The molecule has 0 aliphatic rings. The minimum absolute atomic E-state index is 0.763. The zero-order chi connectivity index (χ0) is 8.10. The number of thiophene rings is 1. The number of alkyl halides is 1. The van der Waals surface area contributed by atoms with E-state index in [4.69, 9.17) is 11.6 Å². The number of hydrogen-bond donors (Lipinski definition) is 0. The molecular weight excluding hydrogens is 264 g/mol. The van der Waals surface area contributed by atoms with Gasteiger partial charge < -0.3 is 0 Å². The molecule has 1 heterocycles. The maximum Gasteiger partial charge on any atom is 0.0710 e. The second-order valence-corrected chi connectivity index (χ2v) is 6.19. The topological polar surface area (TPSA) is 0 Å². The molecule has 0 nitrogen and oxygen atoms in total. The number of rotatable bonds is 4.